The van der Waals surface area contributed by atoms with Gasteiger partial charge in [-0.3, -0.25) is 0 Å². The topological polar surface area (TPSA) is 55.1 Å². The van der Waals surface area contributed by atoms with E-state index in [1.165, 1.54) is 19.1 Å². The van der Waals surface area contributed by atoms with Gasteiger partial charge in [-0.2, -0.15) is 13.2 Å². The number of imidazole rings is 1. The van der Waals surface area contributed by atoms with Gasteiger partial charge < -0.3 is 9.67 Å². The number of alkyl halides is 3. The van der Waals surface area contributed by atoms with E-state index in [0.29, 0.717) is 27.5 Å². The summed E-state index contributed by atoms with van der Waals surface area (Å²) in [6, 6.07) is 3.77. The Morgan fingerprint density at radius 3 is 2.43 bits per heavy atom. The molecule has 0 saturated heterocycles. The highest BCUT2D eigenvalue weighted by molar-refractivity contribution is 6.38. The van der Waals surface area contributed by atoms with E-state index < -0.39 is 17.7 Å². The first kappa shape index (κ1) is 20.5. The molecule has 0 spiro atoms. The second kappa shape index (κ2) is 6.97. The van der Waals surface area contributed by atoms with Gasteiger partial charge >= 0.3 is 12.1 Å². The minimum absolute atomic E-state index is 0.0112. The van der Waals surface area contributed by atoms with Crippen LogP contribution in [0, 0.1) is 13.8 Å². The van der Waals surface area contributed by atoms with Crippen molar-refractivity contribution in [3.05, 3.63) is 61.9 Å². The molecule has 3 aromatic rings. The number of fused-ring (bicyclic) bond motifs is 1. The highest BCUT2D eigenvalue weighted by atomic mass is 35.5. The fourth-order valence-corrected chi connectivity index (χ4v) is 3.78. The second-order valence-electron chi connectivity index (χ2n) is 6.52. The number of hydrogen-bond acceptors (Lipinski definition) is 2. The largest absolute Gasteiger partial charge is 0.478 e. The molecule has 3 rings (SSSR count). The van der Waals surface area contributed by atoms with Crippen molar-refractivity contribution in [1.82, 2.24) is 9.55 Å². The molecular weight excluding hydrogens is 416 g/mol. The van der Waals surface area contributed by atoms with Crippen LogP contribution >= 0.6 is 23.2 Å². The van der Waals surface area contributed by atoms with Crippen LogP contribution < -0.4 is 0 Å². The molecular formula is C19H15Cl2F3N2O2. The summed E-state index contributed by atoms with van der Waals surface area (Å²) in [4.78, 5) is 15.8. The highest BCUT2D eigenvalue weighted by Crippen LogP contribution is 2.36. The molecule has 0 unspecified atom stereocenters. The molecule has 1 heterocycles. The van der Waals surface area contributed by atoms with E-state index >= 15 is 0 Å². The molecule has 9 heteroatoms. The summed E-state index contributed by atoms with van der Waals surface area (Å²) in [5.41, 5.74) is 0.849. The molecule has 148 valence electrons. The number of rotatable bonds is 3. The Hall–Kier alpha value is -2.25. The molecule has 0 aliphatic carbocycles. The van der Waals surface area contributed by atoms with E-state index in [1.54, 1.807) is 18.5 Å². The van der Waals surface area contributed by atoms with Crippen LogP contribution in [-0.4, -0.2) is 20.6 Å². The molecule has 1 aromatic heterocycles. The van der Waals surface area contributed by atoms with Crippen molar-refractivity contribution in [2.24, 2.45) is 7.05 Å². The minimum Gasteiger partial charge on any atom is -0.478 e. The number of aryl methyl sites for hydroxylation is 3. The monoisotopic (exact) mass is 430 g/mol. The van der Waals surface area contributed by atoms with Gasteiger partial charge in [0.1, 0.15) is 5.82 Å². The highest BCUT2D eigenvalue weighted by Gasteiger charge is 2.33. The van der Waals surface area contributed by atoms with E-state index in [4.69, 9.17) is 23.2 Å². The fraction of sp³-hybridized carbons (Fsp3) is 0.263. The zero-order chi connectivity index (χ0) is 21.0. The summed E-state index contributed by atoms with van der Waals surface area (Å²) in [6.45, 7) is 3.03. The fourth-order valence-electron chi connectivity index (χ4n) is 3.22. The predicted molar refractivity (Wildman–Crippen MR) is 101 cm³/mol. The third kappa shape index (κ3) is 3.33. The number of nitrogens with zero attached hydrogens (tertiary/aromatic N) is 2. The molecule has 0 atom stereocenters. The Bertz CT molecular complexity index is 1120. The first-order valence-electron chi connectivity index (χ1n) is 8.16. The number of aromatic nitrogens is 2. The van der Waals surface area contributed by atoms with Crippen molar-refractivity contribution in [3.63, 3.8) is 0 Å². The van der Waals surface area contributed by atoms with E-state index in [1.807, 2.05) is 0 Å². The maximum atomic E-state index is 13.2. The van der Waals surface area contributed by atoms with Crippen LogP contribution in [0.25, 0.3) is 11.0 Å². The molecule has 0 radical (unpaired) electrons. The third-order valence-electron chi connectivity index (χ3n) is 4.74. The molecule has 4 nitrogen and oxygen atoms in total. The molecule has 28 heavy (non-hydrogen) atoms. The van der Waals surface area contributed by atoms with Gasteiger partial charge in [0.15, 0.2) is 0 Å². The van der Waals surface area contributed by atoms with Crippen LogP contribution in [0.2, 0.25) is 10.0 Å². The Morgan fingerprint density at radius 1 is 1.21 bits per heavy atom. The van der Waals surface area contributed by atoms with Gasteiger partial charge in [0.25, 0.3) is 0 Å². The lowest BCUT2D eigenvalue weighted by Crippen LogP contribution is -2.07. The summed E-state index contributed by atoms with van der Waals surface area (Å²) in [5, 5.41) is 9.62. The summed E-state index contributed by atoms with van der Waals surface area (Å²) >= 11 is 12.6. The Morgan fingerprint density at radius 2 is 1.86 bits per heavy atom. The normalized spacial score (nSPS) is 12.0. The van der Waals surface area contributed by atoms with E-state index in [2.05, 4.69) is 4.98 Å². The average Bonchev–Trinajstić information content (AvgIpc) is 2.91. The zero-order valence-corrected chi connectivity index (χ0v) is 16.6. The second-order valence-corrected chi connectivity index (χ2v) is 7.28. The van der Waals surface area contributed by atoms with Crippen molar-refractivity contribution in [3.8, 4) is 0 Å². The smallest absolute Gasteiger partial charge is 0.416 e. The molecule has 0 saturated carbocycles. The van der Waals surface area contributed by atoms with Gasteiger partial charge in [-0.05, 0) is 48.7 Å². The van der Waals surface area contributed by atoms with Crippen molar-refractivity contribution in [2.75, 3.05) is 0 Å². The van der Waals surface area contributed by atoms with E-state index in [0.717, 1.165) is 6.07 Å². The van der Waals surface area contributed by atoms with Crippen LogP contribution in [0.3, 0.4) is 0 Å². The third-order valence-corrected chi connectivity index (χ3v) is 5.70. The number of aromatic carboxylic acids is 1. The van der Waals surface area contributed by atoms with Crippen molar-refractivity contribution >= 4 is 40.2 Å². The molecule has 1 N–H and O–H groups in total. The average molecular weight is 431 g/mol. The van der Waals surface area contributed by atoms with Gasteiger partial charge in [-0.25, -0.2) is 9.78 Å². The Labute approximate surface area is 168 Å². The number of carboxylic acid groups (broad SMARTS) is 1. The van der Waals surface area contributed by atoms with E-state index in [9.17, 15) is 23.1 Å². The van der Waals surface area contributed by atoms with Crippen molar-refractivity contribution in [1.29, 1.82) is 0 Å². The number of carbonyl (C=O) groups is 1. The first-order valence-corrected chi connectivity index (χ1v) is 8.92. The van der Waals surface area contributed by atoms with Gasteiger partial charge in [0, 0.05) is 18.5 Å². The van der Waals surface area contributed by atoms with Crippen LogP contribution in [0.5, 0.6) is 0 Å². The summed E-state index contributed by atoms with van der Waals surface area (Å²) < 4.78 is 41.2. The molecule has 2 aromatic carbocycles. The van der Waals surface area contributed by atoms with Gasteiger partial charge in [0.2, 0.25) is 0 Å². The quantitative estimate of drug-likeness (QED) is 0.570. The Kier molecular flexibility index (Phi) is 5.10. The molecule has 0 aliphatic heterocycles. The number of benzene rings is 2. The lowest BCUT2D eigenvalue weighted by molar-refractivity contribution is -0.137. The standard InChI is InChI=1S/C19H15Cl2F3N2O2/c1-8-6-11(18(27)28)16(21)10(15(8)20)7-14-25-17-9(2)12(19(22,23)24)4-5-13(17)26(14)3/h4-6H,7H2,1-3H3,(H,27,28). The summed E-state index contributed by atoms with van der Waals surface area (Å²) in [6.07, 6.45) is -4.40. The Balaban J connectivity index is 2.18. The number of hydrogen-bond donors (Lipinski definition) is 1. The van der Waals surface area contributed by atoms with Gasteiger partial charge in [-0.15, -0.1) is 0 Å². The van der Waals surface area contributed by atoms with Crippen molar-refractivity contribution < 1.29 is 23.1 Å². The number of halogens is 5. The molecule has 0 amide bonds. The predicted octanol–water partition coefficient (Wildman–Crippen LogP) is 5.80. The zero-order valence-electron chi connectivity index (χ0n) is 15.1. The molecule has 0 bridgehead atoms. The van der Waals surface area contributed by atoms with Crippen LogP contribution in [0.15, 0.2) is 18.2 Å². The first-order chi connectivity index (χ1) is 12.9. The number of carboxylic acids is 1. The van der Waals surface area contributed by atoms with Crippen molar-refractivity contribution in [2.45, 2.75) is 26.4 Å². The maximum absolute atomic E-state index is 13.2. The lowest BCUT2D eigenvalue weighted by atomic mass is 10.0. The summed E-state index contributed by atoms with van der Waals surface area (Å²) in [5.74, 6) is -0.773. The molecule has 0 fully saturated rings. The van der Waals surface area contributed by atoms with E-state index in [-0.39, 0.29) is 28.1 Å². The molecule has 0 aliphatic rings. The van der Waals surface area contributed by atoms with Crippen LogP contribution in [-0.2, 0) is 19.6 Å². The summed E-state index contributed by atoms with van der Waals surface area (Å²) in [7, 11) is 1.67. The van der Waals surface area contributed by atoms with Gasteiger partial charge in [-0.1, -0.05) is 23.2 Å². The van der Waals surface area contributed by atoms with Crippen LogP contribution in [0.4, 0.5) is 13.2 Å². The maximum Gasteiger partial charge on any atom is 0.416 e. The lowest BCUT2D eigenvalue weighted by Gasteiger charge is -2.12. The van der Waals surface area contributed by atoms with Gasteiger partial charge in [0.05, 0.1) is 27.2 Å². The van der Waals surface area contributed by atoms with Crippen LogP contribution in [0.1, 0.15) is 38.4 Å². The minimum atomic E-state index is -4.48. The SMILES string of the molecule is Cc1cc(C(=O)O)c(Cl)c(Cc2nc3c(C)c(C(F)(F)F)ccc3n2C)c1Cl.